The summed E-state index contributed by atoms with van der Waals surface area (Å²) in [5.74, 6) is 1.34. The molecule has 3 rings (SSSR count). The first kappa shape index (κ1) is 11.9. The fraction of sp³-hybridized carbons (Fsp3) is 0.500. The van der Waals surface area contributed by atoms with Gasteiger partial charge in [-0.1, -0.05) is 18.6 Å². The molecule has 1 aromatic rings. The molecule has 3 N–H and O–H groups in total. The third-order valence-corrected chi connectivity index (χ3v) is 4.55. The number of nitrogens with one attached hydrogen (secondary N) is 1. The molecular weight excluding hydrogens is 247 g/mol. The lowest BCUT2D eigenvalue weighted by Gasteiger charge is -2.25. The molecule has 0 aromatic heterocycles. The maximum Gasteiger partial charge on any atom is 0.124 e. The highest BCUT2D eigenvalue weighted by Crippen LogP contribution is 2.45. The van der Waals surface area contributed by atoms with Gasteiger partial charge in [-0.25, -0.2) is 4.39 Å². The summed E-state index contributed by atoms with van der Waals surface area (Å²) in [6, 6.07) is 5.12. The van der Waals surface area contributed by atoms with Gasteiger partial charge in [0.25, 0.3) is 0 Å². The molecule has 3 atom stereocenters. The first-order valence-electron chi connectivity index (χ1n) is 6.49. The number of halogens is 1. The van der Waals surface area contributed by atoms with Gasteiger partial charge in [-0.15, -0.1) is 0 Å². The SMILES string of the molecule is NC(=S)c1cc(F)ccc1NC1CC2CCC1C2. The van der Waals surface area contributed by atoms with Gasteiger partial charge < -0.3 is 11.1 Å². The largest absolute Gasteiger partial charge is 0.389 e. The molecule has 2 fully saturated rings. The van der Waals surface area contributed by atoms with Crippen LogP contribution in [0.2, 0.25) is 0 Å². The van der Waals surface area contributed by atoms with Crippen LogP contribution in [-0.4, -0.2) is 11.0 Å². The highest BCUT2D eigenvalue weighted by molar-refractivity contribution is 7.80. The second-order valence-electron chi connectivity index (χ2n) is 5.48. The number of hydrogen-bond donors (Lipinski definition) is 2. The fourth-order valence-electron chi connectivity index (χ4n) is 3.47. The summed E-state index contributed by atoms with van der Waals surface area (Å²) in [5.41, 5.74) is 7.15. The average molecular weight is 264 g/mol. The summed E-state index contributed by atoms with van der Waals surface area (Å²) in [5, 5.41) is 3.52. The standard InChI is InChI=1S/C14H17FN2S/c15-10-3-4-12(11(7-10)14(16)18)17-13-6-8-1-2-9(13)5-8/h3-4,7-9,13,17H,1-2,5-6H2,(H2,16,18). The summed E-state index contributed by atoms with van der Waals surface area (Å²) >= 11 is 4.99. The van der Waals surface area contributed by atoms with E-state index in [2.05, 4.69) is 5.32 Å². The molecule has 2 aliphatic rings. The van der Waals surface area contributed by atoms with Gasteiger partial charge in [0.05, 0.1) is 0 Å². The first-order valence-corrected chi connectivity index (χ1v) is 6.90. The minimum absolute atomic E-state index is 0.250. The van der Waals surface area contributed by atoms with Crippen LogP contribution in [0.25, 0.3) is 0 Å². The van der Waals surface area contributed by atoms with E-state index in [0.29, 0.717) is 11.6 Å². The molecule has 1 aromatic carbocycles. The number of anilines is 1. The van der Waals surface area contributed by atoms with Gasteiger partial charge in [0.15, 0.2) is 0 Å². The molecule has 0 aliphatic heterocycles. The predicted molar refractivity (Wildman–Crippen MR) is 75.1 cm³/mol. The average Bonchev–Trinajstić information content (AvgIpc) is 2.93. The van der Waals surface area contributed by atoms with Crippen molar-refractivity contribution in [2.24, 2.45) is 17.6 Å². The summed E-state index contributed by atoms with van der Waals surface area (Å²) < 4.78 is 13.2. The van der Waals surface area contributed by atoms with E-state index in [9.17, 15) is 4.39 Å². The Morgan fingerprint density at radius 3 is 2.78 bits per heavy atom. The fourth-order valence-corrected chi connectivity index (χ4v) is 3.64. The van der Waals surface area contributed by atoms with E-state index in [1.165, 1.54) is 37.8 Å². The van der Waals surface area contributed by atoms with Crippen LogP contribution in [-0.2, 0) is 0 Å². The van der Waals surface area contributed by atoms with Crippen LogP contribution in [0, 0.1) is 17.7 Å². The van der Waals surface area contributed by atoms with Crippen molar-refractivity contribution in [2.45, 2.75) is 31.7 Å². The van der Waals surface area contributed by atoms with Gasteiger partial charge in [0.2, 0.25) is 0 Å². The van der Waals surface area contributed by atoms with Crippen molar-refractivity contribution in [3.63, 3.8) is 0 Å². The van der Waals surface area contributed by atoms with Crippen molar-refractivity contribution in [1.29, 1.82) is 0 Å². The number of fused-ring (bicyclic) bond motifs is 2. The molecule has 4 heteroatoms. The predicted octanol–water partition coefficient (Wildman–Crippen LogP) is 3.06. The highest BCUT2D eigenvalue weighted by Gasteiger charge is 2.39. The van der Waals surface area contributed by atoms with Gasteiger partial charge in [0.1, 0.15) is 10.8 Å². The minimum Gasteiger partial charge on any atom is -0.389 e. The Hall–Kier alpha value is -1.16. The van der Waals surface area contributed by atoms with Crippen LogP contribution in [0.1, 0.15) is 31.2 Å². The highest BCUT2D eigenvalue weighted by atomic mass is 32.1. The third kappa shape index (κ3) is 2.09. The normalized spacial score (nSPS) is 29.5. The van der Waals surface area contributed by atoms with E-state index in [0.717, 1.165) is 17.5 Å². The van der Waals surface area contributed by atoms with E-state index in [1.807, 2.05) is 0 Å². The van der Waals surface area contributed by atoms with Crippen molar-refractivity contribution in [2.75, 3.05) is 5.32 Å². The van der Waals surface area contributed by atoms with Crippen molar-refractivity contribution in [3.05, 3.63) is 29.6 Å². The molecule has 2 aliphatic carbocycles. The van der Waals surface area contributed by atoms with Crippen molar-refractivity contribution in [1.82, 2.24) is 0 Å². The number of benzene rings is 1. The van der Waals surface area contributed by atoms with Gasteiger partial charge in [-0.05, 0) is 49.3 Å². The molecule has 2 nitrogen and oxygen atoms in total. The Bertz CT molecular complexity index is 489. The van der Waals surface area contributed by atoms with Crippen LogP contribution in [0.5, 0.6) is 0 Å². The molecule has 0 saturated heterocycles. The minimum atomic E-state index is -0.295. The topological polar surface area (TPSA) is 38.0 Å². The van der Waals surface area contributed by atoms with Gasteiger partial charge in [-0.2, -0.15) is 0 Å². The summed E-state index contributed by atoms with van der Waals surface area (Å²) in [6.07, 6.45) is 5.24. The molecule has 3 unspecified atom stereocenters. The lowest BCUT2D eigenvalue weighted by molar-refractivity contribution is 0.439. The Labute approximate surface area is 112 Å². The number of thiocarbonyl (C=S) groups is 1. The number of rotatable bonds is 3. The molecule has 0 spiro atoms. The Morgan fingerprint density at radius 1 is 1.33 bits per heavy atom. The van der Waals surface area contributed by atoms with E-state index in [4.69, 9.17) is 18.0 Å². The summed E-state index contributed by atoms with van der Waals surface area (Å²) in [6.45, 7) is 0. The smallest absolute Gasteiger partial charge is 0.124 e. The molecule has 0 radical (unpaired) electrons. The zero-order chi connectivity index (χ0) is 12.7. The maximum absolute atomic E-state index is 13.2. The van der Waals surface area contributed by atoms with Crippen LogP contribution in [0.4, 0.5) is 10.1 Å². The molecule has 0 amide bonds. The van der Waals surface area contributed by atoms with Crippen LogP contribution < -0.4 is 11.1 Å². The van der Waals surface area contributed by atoms with E-state index >= 15 is 0 Å². The zero-order valence-electron chi connectivity index (χ0n) is 10.2. The van der Waals surface area contributed by atoms with Gasteiger partial charge in [0, 0.05) is 17.3 Å². The Balaban J connectivity index is 1.82. The lowest BCUT2D eigenvalue weighted by Crippen LogP contribution is -2.27. The second kappa shape index (κ2) is 4.50. The molecule has 2 bridgehead atoms. The molecule has 18 heavy (non-hydrogen) atoms. The van der Waals surface area contributed by atoms with Crippen LogP contribution in [0.3, 0.4) is 0 Å². The van der Waals surface area contributed by atoms with E-state index < -0.39 is 0 Å². The van der Waals surface area contributed by atoms with Crippen LogP contribution >= 0.6 is 12.2 Å². The Morgan fingerprint density at radius 2 is 2.17 bits per heavy atom. The van der Waals surface area contributed by atoms with Crippen LogP contribution in [0.15, 0.2) is 18.2 Å². The first-order chi connectivity index (χ1) is 8.63. The quantitative estimate of drug-likeness (QED) is 0.824. The second-order valence-corrected chi connectivity index (χ2v) is 5.92. The summed E-state index contributed by atoms with van der Waals surface area (Å²) in [4.78, 5) is 0.250. The van der Waals surface area contributed by atoms with E-state index in [1.54, 1.807) is 6.07 Å². The maximum atomic E-state index is 13.2. The van der Waals surface area contributed by atoms with Crippen molar-refractivity contribution < 1.29 is 4.39 Å². The Kier molecular flexibility index (Phi) is 2.98. The third-order valence-electron chi connectivity index (χ3n) is 4.33. The zero-order valence-corrected chi connectivity index (χ0v) is 11.0. The number of hydrogen-bond acceptors (Lipinski definition) is 2. The van der Waals surface area contributed by atoms with Gasteiger partial charge in [-0.3, -0.25) is 0 Å². The molecule has 0 heterocycles. The lowest BCUT2D eigenvalue weighted by atomic mass is 9.95. The molecule has 96 valence electrons. The van der Waals surface area contributed by atoms with Crippen molar-refractivity contribution in [3.8, 4) is 0 Å². The van der Waals surface area contributed by atoms with E-state index in [-0.39, 0.29) is 10.8 Å². The number of nitrogens with two attached hydrogens (primary N) is 1. The molecule has 2 saturated carbocycles. The molecular formula is C14H17FN2S. The van der Waals surface area contributed by atoms with Crippen molar-refractivity contribution >= 4 is 22.9 Å². The van der Waals surface area contributed by atoms with Gasteiger partial charge >= 0.3 is 0 Å². The monoisotopic (exact) mass is 264 g/mol. The summed E-state index contributed by atoms with van der Waals surface area (Å²) in [7, 11) is 0.